The molecule has 8 heteroatoms. The van der Waals surface area contributed by atoms with Gasteiger partial charge in [-0.05, 0) is 18.2 Å². The smallest absolute Gasteiger partial charge is 0.495 e. The second-order valence-corrected chi connectivity index (χ2v) is 3.39. The average Bonchev–Trinajstić information content (AvgIpc) is 2.33. The van der Waals surface area contributed by atoms with Crippen LogP contribution in [0.5, 0.6) is 5.75 Å². The van der Waals surface area contributed by atoms with Crippen LogP contribution in [0.25, 0.3) is 0 Å². The zero-order chi connectivity index (χ0) is 14.5. The van der Waals surface area contributed by atoms with Gasteiger partial charge >= 0.3 is 12.3 Å². The number of halogens is 3. The lowest BCUT2D eigenvalue weighted by Gasteiger charge is -2.09. The van der Waals surface area contributed by atoms with Crippen LogP contribution in [0.2, 0.25) is 0 Å². The van der Waals surface area contributed by atoms with Gasteiger partial charge in [0.25, 0.3) is 0 Å². The summed E-state index contributed by atoms with van der Waals surface area (Å²) in [6.45, 7) is -1.27. The summed E-state index contributed by atoms with van der Waals surface area (Å²) in [5.74, 6) is -0.405. The SMILES string of the molecule is COc1ccc(C(=O)OCCOC(F)(F)F)cc1N. The second kappa shape index (κ2) is 6.28. The van der Waals surface area contributed by atoms with E-state index in [2.05, 4.69) is 9.47 Å². The van der Waals surface area contributed by atoms with E-state index in [1.165, 1.54) is 25.3 Å². The highest BCUT2D eigenvalue weighted by atomic mass is 19.4. The van der Waals surface area contributed by atoms with Crippen molar-refractivity contribution in [2.75, 3.05) is 26.1 Å². The molecule has 0 aliphatic carbocycles. The maximum Gasteiger partial charge on any atom is 0.522 e. The fraction of sp³-hybridized carbons (Fsp3) is 0.364. The molecule has 0 atom stereocenters. The lowest BCUT2D eigenvalue weighted by Crippen LogP contribution is -2.18. The van der Waals surface area contributed by atoms with Crippen molar-refractivity contribution in [1.82, 2.24) is 0 Å². The minimum atomic E-state index is -4.74. The first-order valence-electron chi connectivity index (χ1n) is 5.15. The van der Waals surface area contributed by atoms with Gasteiger partial charge in [0.15, 0.2) is 0 Å². The topological polar surface area (TPSA) is 70.8 Å². The van der Waals surface area contributed by atoms with Crippen LogP contribution < -0.4 is 10.5 Å². The normalized spacial score (nSPS) is 11.2. The van der Waals surface area contributed by atoms with E-state index in [-0.39, 0.29) is 11.3 Å². The summed E-state index contributed by atoms with van der Waals surface area (Å²) in [5, 5.41) is 0. The Balaban J connectivity index is 2.48. The minimum Gasteiger partial charge on any atom is -0.495 e. The van der Waals surface area contributed by atoms with Crippen molar-refractivity contribution < 1.29 is 32.2 Å². The molecular formula is C11H12F3NO4. The van der Waals surface area contributed by atoms with Crippen LogP contribution in [-0.4, -0.2) is 32.7 Å². The monoisotopic (exact) mass is 279 g/mol. The molecule has 0 amide bonds. The van der Waals surface area contributed by atoms with Crippen LogP contribution in [0.15, 0.2) is 18.2 Å². The zero-order valence-corrected chi connectivity index (χ0v) is 9.99. The summed E-state index contributed by atoms with van der Waals surface area (Å²) in [4.78, 5) is 11.5. The molecule has 2 N–H and O–H groups in total. The fourth-order valence-electron chi connectivity index (χ4n) is 1.24. The van der Waals surface area contributed by atoms with Crippen LogP contribution in [0, 0.1) is 0 Å². The number of esters is 1. The number of anilines is 1. The maximum absolute atomic E-state index is 11.6. The van der Waals surface area contributed by atoms with Gasteiger partial charge in [0.05, 0.1) is 25.0 Å². The molecular weight excluding hydrogens is 267 g/mol. The Morgan fingerprint density at radius 2 is 2.00 bits per heavy atom. The minimum absolute atomic E-state index is 0.116. The first-order valence-corrected chi connectivity index (χ1v) is 5.15. The van der Waals surface area contributed by atoms with E-state index in [1.807, 2.05) is 0 Å². The van der Waals surface area contributed by atoms with Gasteiger partial charge in [0.1, 0.15) is 12.4 Å². The van der Waals surface area contributed by atoms with Crippen LogP contribution in [-0.2, 0) is 9.47 Å². The Labute approximate surface area is 107 Å². The number of hydrogen-bond acceptors (Lipinski definition) is 5. The summed E-state index contributed by atoms with van der Waals surface area (Å²) < 4.78 is 47.9. The van der Waals surface area contributed by atoms with E-state index in [0.717, 1.165) is 0 Å². The van der Waals surface area contributed by atoms with Gasteiger partial charge in [0.2, 0.25) is 0 Å². The van der Waals surface area contributed by atoms with Crippen molar-refractivity contribution in [2.45, 2.75) is 6.36 Å². The largest absolute Gasteiger partial charge is 0.522 e. The van der Waals surface area contributed by atoms with Crippen molar-refractivity contribution in [3.8, 4) is 5.75 Å². The lowest BCUT2D eigenvalue weighted by molar-refractivity contribution is -0.326. The number of rotatable bonds is 5. The third-order valence-corrected chi connectivity index (χ3v) is 2.05. The Morgan fingerprint density at radius 3 is 2.53 bits per heavy atom. The molecule has 5 nitrogen and oxygen atoms in total. The highest BCUT2D eigenvalue weighted by Crippen LogP contribution is 2.22. The summed E-state index contributed by atoms with van der Waals surface area (Å²) in [6, 6.07) is 4.16. The molecule has 0 aliphatic rings. The lowest BCUT2D eigenvalue weighted by atomic mass is 10.2. The summed E-state index contributed by atoms with van der Waals surface area (Å²) in [5.41, 5.74) is 5.92. The van der Waals surface area contributed by atoms with Gasteiger partial charge < -0.3 is 15.2 Å². The first kappa shape index (κ1) is 15.1. The number of alkyl halides is 3. The number of nitrogen functional groups attached to an aromatic ring is 1. The quantitative estimate of drug-likeness (QED) is 0.507. The molecule has 0 unspecified atom stereocenters. The number of carbonyl (C=O) groups excluding carboxylic acids is 1. The van der Waals surface area contributed by atoms with Gasteiger partial charge in [0, 0.05) is 0 Å². The van der Waals surface area contributed by atoms with Crippen LogP contribution >= 0.6 is 0 Å². The molecule has 0 aromatic heterocycles. The molecule has 0 saturated heterocycles. The Morgan fingerprint density at radius 1 is 1.32 bits per heavy atom. The molecule has 0 bridgehead atoms. The van der Waals surface area contributed by atoms with E-state index in [1.54, 1.807) is 0 Å². The predicted octanol–water partition coefficient (Wildman–Crippen LogP) is 1.97. The summed E-state index contributed by atoms with van der Waals surface area (Å²) >= 11 is 0. The molecule has 0 heterocycles. The molecule has 1 aromatic rings. The van der Waals surface area contributed by atoms with Crippen LogP contribution in [0.4, 0.5) is 18.9 Å². The van der Waals surface area contributed by atoms with Gasteiger partial charge in [-0.3, -0.25) is 4.74 Å². The Bertz CT molecular complexity index is 448. The third kappa shape index (κ3) is 5.04. The van der Waals surface area contributed by atoms with Crippen LogP contribution in [0.3, 0.4) is 0 Å². The molecule has 1 rings (SSSR count). The zero-order valence-electron chi connectivity index (χ0n) is 9.99. The van der Waals surface area contributed by atoms with Crippen LogP contribution in [0.1, 0.15) is 10.4 Å². The van der Waals surface area contributed by atoms with E-state index in [4.69, 9.17) is 10.5 Å². The highest BCUT2D eigenvalue weighted by Gasteiger charge is 2.28. The Hall–Kier alpha value is -1.96. The predicted molar refractivity (Wildman–Crippen MR) is 59.7 cm³/mol. The summed E-state index contributed by atoms with van der Waals surface area (Å²) in [7, 11) is 1.41. The number of benzene rings is 1. The number of ether oxygens (including phenoxy) is 3. The van der Waals surface area contributed by atoms with Gasteiger partial charge in [-0.2, -0.15) is 0 Å². The van der Waals surface area contributed by atoms with E-state index >= 15 is 0 Å². The van der Waals surface area contributed by atoms with Gasteiger partial charge in [-0.1, -0.05) is 0 Å². The standard InChI is InChI=1S/C11H12F3NO4/c1-17-9-3-2-7(6-8(9)15)10(16)18-4-5-19-11(12,13)14/h2-3,6H,4-5,15H2,1H3. The van der Waals surface area contributed by atoms with Gasteiger partial charge in [-0.15, -0.1) is 13.2 Å². The molecule has 0 radical (unpaired) electrons. The fourth-order valence-corrected chi connectivity index (χ4v) is 1.24. The molecule has 19 heavy (non-hydrogen) atoms. The maximum atomic E-state index is 11.6. The van der Waals surface area contributed by atoms with E-state index < -0.39 is 25.5 Å². The number of nitrogens with two attached hydrogens (primary N) is 1. The number of methoxy groups -OCH3 is 1. The highest BCUT2D eigenvalue weighted by molar-refractivity contribution is 5.91. The van der Waals surface area contributed by atoms with Gasteiger partial charge in [-0.25, -0.2) is 4.79 Å². The molecule has 1 aromatic carbocycles. The molecule has 0 aliphatic heterocycles. The third-order valence-electron chi connectivity index (χ3n) is 2.05. The number of carbonyl (C=O) groups is 1. The molecule has 0 fully saturated rings. The second-order valence-electron chi connectivity index (χ2n) is 3.39. The van der Waals surface area contributed by atoms with E-state index in [9.17, 15) is 18.0 Å². The average molecular weight is 279 g/mol. The summed E-state index contributed by atoms with van der Waals surface area (Å²) in [6.07, 6.45) is -4.74. The van der Waals surface area contributed by atoms with Crippen molar-refractivity contribution in [2.24, 2.45) is 0 Å². The first-order chi connectivity index (χ1) is 8.83. The van der Waals surface area contributed by atoms with Crippen molar-refractivity contribution in [3.05, 3.63) is 23.8 Å². The molecule has 106 valence electrons. The molecule has 0 saturated carbocycles. The van der Waals surface area contributed by atoms with E-state index in [0.29, 0.717) is 5.75 Å². The van der Waals surface area contributed by atoms with Crippen molar-refractivity contribution in [3.63, 3.8) is 0 Å². The van der Waals surface area contributed by atoms with Crippen molar-refractivity contribution >= 4 is 11.7 Å². The van der Waals surface area contributed by atoms with Crippen molar-refractivity contribution in [1.29, 1.82) is 0 Å². The number of hydrogen-bond donors (Lipinski definition) is 1. The molecule has 0 spiro atoms. The Kier molecular flexibility index (Phi) is 4.99.